The average molecular weight is 300 g/mol. The van der Waals surface area contributed by atoms with Crippen molar-refractivity contribution in [3.63, 3.8) is 0 Å². The summed E-state index contributed by atoms with van der Waals surface area (Å²) in [5.41, 5.74) is 6.36. The van der Waals surface area contributed by atoms with E-state index in [4.69, 9.17) is 10.2 Å². The lowest BCUT2D eigenvalue weighted by molar-refractivity contribution is 0.0995. The van der Waals surface area contributed by atoms with Crippen molar-refractivity contribution >= 4 is 11.6 Å². The number of carbonyl (C=O) groups excluding carboxylic acids is 1. The normalized spacial score (nSPS) is 16.5. The summed E-state index contributed by atoms with van der Waals surface area (Å²) in [6, 6.07) is 7.60. The van der Waals surface area contributed by atoms with Crippen LogP contribution < -0.4 is 11.1 Å². The van der Waals surface area contributed by atoms with Crippen LogP contribution in [0.25, 0.3) is 0 Å². The summed E-state index contributed by atoms with van der Waals surface area (Å²) in [6.07, 6.45) is 5.73. The van der Waals surface area contributed by atoms with Gasteiger partial charge in [-0.15, -0.1) is 0 Å². The van der Waals surface area contributed by atoms with E-state index >= 15 is 0 Å². The van der Waals surface area contributed by atoms with E-state index in [1.54, 1.807) is 18.5 Å². The number of nitrogens with one attached hydrogen (secondary N) is 1. The van der Waals surface area contributed by atoms with E-state index in [0.717, 1.165) is 24.5 Å². The molecule has 1 aliphatic rings. The molecule has 3 rings (SSSR count). The fraction of sp³-hybridized carbons (Fsp3) is 0.375. The second kappa shape index (κ2) is 6.62. The van der Waals surface area contributed by atoms with Gasteiger partial charge in [0, 0.05) is 18.4 Å². The fourth-order valence-electron chi connectivity index (χ4n) is 2.83. The minimum absolute atomic E-state index is 0.183. The lowest BCUT2D eigenvalue weighted by atomic mass is 10.2. The van der Waals surface area contributed by atoms with E-state index in [1.165, 1.54) is 12.8 Å². The maximum atomic E-state index is 11.2. The smallest absolute Gasteiger partial charge is 0.267 e. The predicted octanol–water partition coefficient (Wildman–Crippen LogP) is 2.02. The highest BCUT2D eigenvalue weighted by Gasteiger charge is 2.25. The van der Waals surface area contributed by atoms with Crippen molar-refractivity contribution in [2.45, 2.75) is 18.9 Å². The van der Waals surface area contributed by atoms with Crippen molar-refractivity contribution in [3.8, 4) is 0 Å². The van der Waals surface area contributed by atoms with Gasteiger partial charge in [0.25, 0.3) is 5.91 Å². The number of furan rings is 1. The number of pyridine rings is 1. The van der Waals surface area contributed by atoms with Gasteiger partial charge in [0.15, 0.2) is 0 Å². The van der Waals surface area contributed by atoms with Gasteiger partial charge >= 0.3 is 0 Å². The first kappa shape index (κ1) is 14.6. The third-order valence-corrected chi connectivity index (χ3v) is 3.96. The Balaban J connectivity index is 1.71. The molecule has 0 saturated carbocycles. The number of aromatic nitrogens is 1. The second-order valence-corrected chi connectivity index (χ2v) is 5.45. The van der Waals surface area contributed by atoms with Gasteiger partial charge in [0.2, 0.25) is 0 Å². The first-order chi connectivity index (χ1) is 10.7. The highest BCUT2D eigenvalue weighted by atomic mass is 16.3. The van der Waals surface area contributed by atoms with Crippen molar-refractivity contribution in [3.05, 3.63) is 48.2 Å². The number of anilines is 1. The maximum absolute atomic E-state index is 11.2. The zero-order chi connectivity index (χ0) is 15.4. The minimum atomic E-state index is -0.522. The highest BCUT2D eigenvalue weighted by molar-refractivity contribution is 5.91. The molecule has 1 fully saturated rings. The molecule has 0 bridgehead atoms. The molecule has 1 unspecified atom stereocenters. The largest absolute Gasteiger partial charge is 0.468 e. The van der Waals surface area contributed by atoms with Crippen molar-refractivity contribution in [2.24, 2.45) is 5.73 Å². The Labute approximate surface area is 129 Å². The number of carbonyl (C=O) groups is 1. The molecule has 2 aromatic heterocycles. The number of rotatable bonds is 6. The number of hydrogen-bond donors (Lipinski definition) is 2. The molecule has 1 amide bonds. The molecule has 3 heterocycles. The lowest BCUT2D eigenvalue weighted by Crippen LogP contribution is -2.30. The Morgan fingerprint density at radius 3 is 2.91 bits per heavy atom. The van der Waals surface area contributed by atoms with Gasteiger partial charge in [-0.3, -0.25) is 14.7 Å². The molecule has 3 N–H and O–H groups in total. The van der Waals surface area contributed by atoms with Crippen LogP contribution >= 0.6 is 0 Å². The van der Waals surface area contributed by atoms with Crippen LogP contribution in [0, 0.1) is 0 Å². The quantitative estimate of drug-likeness (QED) is 0.852. The molecule has 116 valence electrons. The van der Waals surface area contributed by atoms with Gasteiger partial charge in [0.1, 0.15) is 11.5 Å². The Hall–Kier alpha value is -2.34. The number of hydrogen-bond acceptors (Lipinski definition) is 5. The Morgan fingerprint density at radius 2 is 2.23 bits per heavy atom. The molecule has 6 nitrogen and oxygen atoms in total. The van der Waals surface area contributed by atoms with E-state index in [9.17, 15) is 4.79 Å². The van der Waals surface area contributed by atoms with E-state index in [2.05, 4.69) is 15.2 Å². The van der Waals surface area contributed by atoms with E-state index in [0.29, 0.717) is 6.54 Å². The van der Waals surface area contributed by atoms with E-state index in [-0.39, 0.29) is 11.7 Å². The van der Waals surface area contributed by atoms with Crippen LogP contribution in [0.1, 0.15) is 35.1 Å². The van der Waals surface area contributed by atoms with Crippen molar-refractivity contribution in [1.29, 1.82) is 0 Å². The van der Waals surface area contributed by atoms with Crippen LogP contribution in [0.4, 0.5) is 5.69 Å². The first-order valence-electron chi connectivity index (χ1n) is 7.51. The summed E-state index contributed by atoms with van der Waals surface area (Å²) in [4.78, 5) is 17.6. The van der Waals surface area contributed by atoms with Crippen molar-refractivity contribution < 1.29 is 9.21 Å². The molecule has 1 aliphatic heterocycles. The minimum Gasteiger partial charge on any atom is -0.468 e. The third-order valence-electron chi connectivity index (χ3n) is 3.96. The number of nitrogens with two attached hydrogens (primary N) is 1. The Morgan fingerprint density at radius 1 is 1.41 bits per heavy atom. The van der Waals surface area contributed by atoms with Gasteiger partial charge in [-0.2, -0.15) is 0 Å². The lowest BCUT2D eigenvalue weighted by Gasteiger charge is -2.26. The zero-order valence-electron chi connectivity index (χ0n) is 12.4. The summed E-state index contributed by atoms with van der Waals surface area (Å²) < 4.78 is 5.59. The second-order valence-electron chi connectivity index (χ2n) is 5.45. The molecule has 2 aromatic rings. The third kappa shape index (κ3) is 3.28. The maximum Gasteiger partial charge on any atom is 0.267 e. The van der Waals surface area contributed by atoms with Gasteiger partial charge in [0.05, 0.1) is 12.3 Å². The summed E-state index contributed by atoms with van der Waals surface area (Å²) >= 11 is 0. The molecular formula is C16H20N4O2. The Bertz CT molecular complexity index is 621. The highest BCUT2D eigenvalue weighted by Crippen LogP contribution is 2.26. The Kier molecular flexibility index (Phi) is 4.39. The van der Waals surface area contributed by atoms with Gasteiger partial charge in [-0.1, -0.05) is 0 Å². The van der Waals surface area contributed by atoms with E-state index in [1.807, 2.05) is 18.2 Å². The molecule has 0 aliphatic carbocycles. The number of nitrogens with zero attached hydrogens (tertiary/aromatic N) is 2. The SMILES string of the molecule is NC(=O)c1cc(NCC(c2ccco2)N2CCCC2)ccn1. The average Bonchev–Trinajstić information content (AvgIpc) is 3.21. The molecule has 0 radical (unpaired) electrons. The predicted molar refractivity (Wildman–Crippen MR) is 83.5 cm³/mol. The zero-order valence-corrected chi connectivity index (χ0v) is 12.4. The number of amides is 1. The molecular weight excluding hydrogens is 280 g/mol. The first-order valence-corrected chi connectivity index (χ1v) is 7.51. The van der Waals surface area contributed by atoms with Crippen molar-refractivity contribution in [2.75, 3.05) is 25.0 Å². The number of primary amides is 1. The van der Waals surface area contributed by atoms with Crippen LogP contribution in [0.5, 0.6) is 0 Å². The fourth-order valence-corrected chi connectivity index (χ4v) is 2.83. The summed E-state index contributed by atoms with van der Waals surface area (Å²) in [6.45, 7) is 2.86. The molecule has 0 aromatic carbocycles. The van der Waals surface area contributed by atoms with Gasteiger partial charge in [-0.05, 0) is 50.2 Å². The molecule has 1 saturated heterocycles. The van der Waals surface area contributed by atoms with Crippen LogP contribution in [0.2, 0.25) is 0 Å². The monoisotopic (exact) mass is 300 g/mol. The molecule has 6 heteroatoms. The van der Waals surface area contributed by atoms with Crippen LogP contribution in [-0.4, -0.2) is 35.4 Å². The number of likely N-dealkylation sites (tertiary alicyclic amines) is 1. The topological polar surface area (TPSA) is 84.4 Å². The molecule has 22 heavy (non-hydrogen) atoms. The molecule has 1 atom stereocenters. The standard InChI is InChI=1S/C16H20N4O2/c17-16(21)13-10-12(5-6-18-13)19-11-14(15-4-3-9-22-15)20-7-1-2-8-20/h3-6,9-10,14H,1-2,7-8,11H2,(H2,17,21)(H,18,19). The summed E-state index contributed by atoms with van der Waals surface area (Å²) in [5.74, 6) is 0.435. The molecule has 0 spiro atoms. The van der Waals surface area contributed by atoms with Gasteiger partial charge in [-0.25, -0.2) is 0 Å². The van der Waals surface area contributed by atoms with Crippen LogP contribution in [-0.2, 0) is 0 Å². The van der Waals surface area contributed by atoms with Crippen molar-refractivity contribution in [1.82, 2.24) is 9.88 Å². The van der Waals surface area contributed by atoms with E-state index < -0.39 is 5.91 Å². The summed E-state index contributed by atoms with van der Waals surface area (Å²) in [7, 11) is 0. The van der Waals surface area contributed by atoms with Crippen LogP contribution in [0.3, 0.4) is 0 Å². The summed E-state index contributed by atoms with van der Waals surface area (Å²) in [5, 5.41) is 3.36. The van der Waals surface area contributed by atoms with Crippen LogP contribution in [0.15, 0.2) is 41.1 Å². The van der Waals surface area contributed by atoms with Gasteiger partial charge < -0.3 is 15.5 Å².